The summed E-state index contributed by atoms with van der Waals surface area (Å²) < 4.78 is 7.42. The van der Waals surface area contributed by atoms with Gasteiger partial charge < -0.3 is 4.74 Å². The van der Waals surface area contributed by atoms with Crippen molar-refractivity contribution in [3.8, 4) is 0 Å². The number of rotatable bonds is 1. The van der Waals surface area contributed by atoms with Gasteiger partial charge in [-0.3, -0.25) is 0 Å². The van der Waals surface area contributed by atoms with Crippen molar-refractivity contribution < 1.29 is 4.74 Å². The predicted molar refractivity (Wildman–Crippen MR) is 71.0 cm³/mol. The third-order valence-electron chi connectivity index (χ3n) is 3.46. The summed E-state index contributed by atoms with van der Waals surface area (Å²) in [5, 5.41) is 5.63. The molecule has 0 amide bonds. The highest BCUT2D eigenvalue weighted by Gasteiger charge is 2.40. The zero-order valence-electron chi connectivity index (χ0n) is 9.77. The van der Waals surface area contributed by atoms with Crippen molar-refractivity contribution in [2.45, 2.75) is 24.4 Å². The first-order valence-corrected chi connectivity index (χ1v) is 6.77. The number of hydrogen-bond donors (Lipinski definition) is 0. The number of halogens is 1. The van der Waals surface area contributed by atoms with E-state index in [1.165, 1.54) is 0 Å². The van der Waals surface area contributed by atoms with E-state index in [-0.39, 0.29) is 0 Å². The van der Waals surface area contributed by atoms with E-state index in [1.54, 1.807) is 0 Å². The molecule has 2 aromatic rings. The van der Waals surface area contributed by atoms with Crippen molar-refractivity contribution in [3.05, 3.63) is 30.5 Å². The highest BCUT2D eigenvalue weighted by molar-refractivity contribution is 9.09. The second-order valence-electron chi connectivity index (χ2n) is 4.62. The van der Waals surface area contributed by atoms with Crippen LogP contribution in [0, 0.1) is 5.92 Å². The van der Waals surface area contributed by atoms with E-state index in [4.69, 9.17) is 4.74 Å². The van der Waals surface area contributed by atoms with Gasteiger partial charge in [-0.15, -0.1) is 0 Å². The van der Waals surface area contributed by atoms with Crippen LogP contribution in [0.15, 0.2) is 30.5 Å². The van der Waals surface area contributed by atoms with E-state index in [9.17, 15) is 0 Å². The lowest BCUT2D eigenvalue weighted by atomic mass is 10.0. The minimum absolute atomic E-state index is 0.402. The smallest absolute Gasteiger partial charge is 0.220 e. The molecule has 4 heteroatoms. The molecule has 1 aliphatic heterocycles. The minimum Gasteiger partial charge on any atom is -0.344 e. The molecule has 0 aliphatic carbocycles. The standard InChI is InChI=1S/C13H15BrN2O/c1-10-5-4-8-17-13(10,14)16-12-7-3-2-6-11(12)9-15-16/h2-3,6-7,9-10H,4-5,8H2,1H3. The highest BCUT2D eigenvalue weighted by atomic mass is 79.9. The average Bonchev–Trinajstić information content (AvgIpc) is 2.77. The predicted octanol–water partition coefficient (Wildman–Crippen LogP) is 3.49. The lowest BCUT2D eigenvalue weighted by Gasteiger charge is -2.38. The van der Waals surface area contributed by atoms with Crippen molar-refractivity contribution in [1.82, 2.24) is 9.78 Å². The molecule has 1 aromatic heterocycles. The Morgan fingerprint density at radius 1 is 1.47 bits per heavy atom. The summed E-state index contributed by atoms with van der Waals surface area (Å²) in [6, 6.07) is 8.21. The topological polar surface area (TPSA) is 27.1 Å². The van der Waals surface area contributed by atoms with E-state index < -0.39 is 4.63 Å². The first-order chi connectivity index (χ1) is 8.22. The molecule has 17 heavy (non-hydrogen) atoms. The van der Waals surface area contributed by atoms with Crippen molar-refractivity contribution >= 4 is 26.8 Å². The summed E-state index contributed by atoms with van der Waals surface area (Å²) in [5.41, 5.74) is 1.11. The largest absolute Gasteiger partial charge is 0.344 e. The molecule has 1 saturated heterocycles. The van der Waals surface area contributed by atoms with Crippen LogP contribution in [0.2, 0.25) is 0 Å². The molecule has 3 nitrogen and oxygen atoms in total. The van der Waals surface area contributed by atoms with Crippen LogP contribution < -0.4 is 0 Å². The molecule has 0 saturated carbocycles. The first-order valence-electron chi connectivity index (χ1n) is 5.98. The third kappa shape index (κ3) is 1.70. The molecule has 0 N–H and O–H groups in total. The molecule has 2 heterocycles. The molecule has 2 atom stereocenters. The van der Waals surface area contributed by atoms with Crippen LogP contribution in [-0.4, -0.2) is 16.4 Å². The molecule has 1 aliphatic rings. The number of nitrogens with zero attached hydrogens (tertiary/aromatic N) is 2. The number of fused-ring (bicyclic) bond motifs is 1. The minimum atomic E-state index is -0.492. The van der Waals surface area contributed by atoms with Gasteiger partial charge in [-0.1, -0.05) is 25.1 Å². The van der Waals surface area contributed by atoms with Crippen molar-refractivity contribution in [2.24, 2.45) is 5.92 Å². The maximum atomic E-state index is 5.95. The van der Waals surface area contributed by atoms with Crippen LogP contribution >= 0.6 is 15.9 Å². The first kappa shape index (κ1) is 11.2. The molecule has 3 rings (SSSR count). The molecular formula is C13H15BrN2O. The van der Waals surface area contributed by atoms with Crippen molar-refractivity contribution in [3.63, 3.8) is 0 Å². The van der Waals surface area contributed by atoms with Gasteiger partial charge in [0, 0.05) is 11.3 Å². The molecule has 1 aromatic carbocycles. The molecule has 0 radical (unpaired) electrons. The summed E-state index contributed by atoms with van der Waals surface area (Å²) in [5.74, 6) is 0.402. The quantitative estimate of drug-likeness (QED) is 0.753. The molecule has 90 valence electrons. The normalized spacial score (nSPS) is 29.6. The monoisotopic (exact) mass is 294 g/mol. The van der Waals surface area contributed by atoms with Gasteiger partial charge >= 0.3 is 0 Å². The van der Waals surface area contributed by atoms with E-state index in [0.717, 1.165) is 30.4 Å². The van der Waals surface area contributed by atoms with E-state index in [1.807, 2.05) is 23.0 Å². The van der Waals surface area contributed by atoms with Gasteiger partial charge in [0.2, 0.25) is 4.63 Å². The second kappa shape index (κ2) is 4.10. The molecular weight excluding hydrogens is 280 g/mol. The van der Waals surface area contributed by atoms with Crippen LogP contribution in [-0.2, 0) is 9.37 Å². The Bertz CT molecular complexity index is 539. The Kier molecular flexibility index (Phi) is 2.71. The van der Waals surface area contributed by atoms with Crippen molar-refractivity contribution in [1.29, 1.82) is 0 Å². The summed E-state index contributed by atoms with van der Waals surface area (Å²) in [7, 11) is 0. The van der Waals surface area contributed by atoms with Gasteiger partial charge in [0.15, 0.2) is 0 Å². The summed E-state index contributed by atoms with van der Waals surface area (Å²) in [4.78, 5) is 0. The molecule has 1 fully saturated rings. The Morgan fingerprint density at radius 3 is 3.12 bits per heavy atom. The van der Waals surface area contributed by atoms with E-state index >= 15 is 0 Å². The Hall–Kier alpha value is -0.870. The van der Waals surface area contributed by atoms with Gasteiger partial charge in [0.1, 0.15) is 0 Å². The van der Waals surface area contributed by atoms with Gasteiger partial charge in [-0.05, 0) is 34.8 Å². The van der Waals surface area contributed by atoms with E-state index in [0.29, 0.717) is 5.92 Å². The summed E-state index contributed by atoms with van der Waals surface area (Å²) in [6.07, 6.45) is 4.16. The second-order valence-corrected chi connectivity index (χ2v) is 5.75. The van der Waals surface area contributed by atoms with Crippen LogP contribution in [0.25, 0.3) is 10.9 Å². The van der Waals surface area contributed by atoms with Crippen LogP contribution in [0.1, 0.15) is 19.8 Å². The summed E-state index contributed by atoms with van der Waals surface area (Å²) in [6.45, 7) is 2.98. The Balaban J connectivity index is 2.13. The van der Waals surface area contributed by atoms with Gasteiger partial charge in [-0.2, -0.15) is 5.10 Å². The number of hydrogen-bond acceptors (Lipinski definition) is 2. The fourth-order valence-electron chi connectivity index (χ4n) is 2.41. The highest BCUT2D eigenvalue weighted by Crippen LogP contribution is 2.41. The van der Waals surface area contributed by atoms with Crippen molar-refractivity contribution in [2.75, 3.05) is 6.61 Å². The number of benzene rings is 1. The number of ether oxygens (including phenoxy) is 1. The summed E-state index contributed by atoms with van der Waals surface area (Å²) >= 11 is 3.75. The zero-order valence-corrected chi connectivity index (χ0v) is 11.4. The number of aromatic nitrogens is 2. The van der Waals surface area contributed by atoms with Crippen LogP contribution in [0.3, 0.4) is 0 Å². The van der Waals surface area contributed by atoms with Gasteiger partial charge in [0.05, 0.1) is 18.3 Å². The lowest BCUT2D eigenvalue weighted by molar-refractivity contribution is -0.0979. The van der Waals surface area contributed by atoms with Gasteiger partial charge in [-0.25, -0.2) is 4.68 Å². The maximum Gasteiger partial charge on any atom is 0.220 e. The van der Waals surface area contributed by atoms with Crippen LogP contribution in [0.5, 0.6) is 0 Å². The van der Waals surface area contributed by atoms with E-state index in [2.05, 4.69) is 40.1 Å². The fourth-order valence-corrected chi connectivity index (χ4v) is 3.08. The van der Waals surface area contributed by atoms with Gasteiger partial charge in [0.25, 0.3) is 0 Å². The molecule has 0 spiro atoms. The number of alkyl halides is 1. The third-order valence-corrected chi connectivity index (χ3v) is 4.81. The lowest BCUT2D eigenvalue weighted by Crippen LogP contribution is -2.41. The Labute approximate surface area is 109 Å². The zero-order chi connectivity index (χ0) is 11.9. The fraction of sp³-hybridized carbons (Fsp3) is 0.462. The molecule has 0 bridgehead atoms. The average molecular weight is 295 g/mol. The maximum absolute atomic E-state index is 5.95. The van der Waals surface area contributed by atoms with Crippen LogP contribution in [0.4, 0.5) is 0 Å². The number of para-hydroxylation sites is 1. The Morgan fingerprint density at radius 2 is 2.29 bits per heavy atom. The SMILES string of the molecule is CC1CCCOC1(Br)n1ncc2ccccc21. The molecule has 2 unspecified atom stereocenters.